The second-order valence-electron chi connectivity index (χ2n) is 3.20. The highest BCUT2D eigenvalue weighted by Gasteiger charge is 2.30. The van der Waals surface area contributed by atoms with Gasteiger partial charge in [0.2, 0.25) is 0 Å². The Hall–Kier alpha value is 0.270. The molecule has 0 amide bonds. The van der Waals surface area contributed by atoms with E-state index in [0.717, 1.165) is 0 Å². The lowest BCUT2D eigenvalue weighted by atomic mass is 10.0. The Labute approximate surface area is 66.9 Å². The van der Waals surface area contributed by atoms with Crippen molar-refractivity contribution in [3.05, 3.63) is 0 Å². The molecule has 2 nitrogen and oxygen atoms in total. The number of rotatable bonds is 1. The van der Waals surface area contributed by atoms with Crippen molar-refractivity contribution in [3.8, 4) is 0 Å². The van der Waals surface area contributed by atoms with Crippen LogP contribution >= 0.6 is 11.8 Å². The summed E-state index contributed by atoms with van der Waals surface area (Å²) in [4.78, 5) is 0. The smallest absolute Gasteiger partial charge is 0.103 e. The SMILES string of the molecule is CC(C)C1NC(N)SC1C. The Morgan fingerprint density at radius 1 is 1.50 bits per heavy atom. The Morgan fingerprint density at radius 3 is 2.30 bits per heavy atom. The van der Waals surface area contributed by atoms with Crippen LogP contribution in [0.25, 0.3) is 0 Å². The second-order valence-corrected chi connectivity index (χ2v) is 4.72. The van der Waals surface area contributed by atoms with Crippen molar-refractivity contribution in [3.63, 3.8) is 0 Å². The number of hydrogen-bond donors (Lipinski definition) is 2. The molecule has 0 bridgehead atoms. The molecule has 1 fully saturated rings. The molecule has 0 aromatic rings. The minimum Gasteiger partial charge on any atom is -0.307 e. The molecule has 1 heterocycles. The van der Waals surface area contributed by atoms with E-state index >= 15 is 0 Å². The zero-order valence-corrected chi connectivity index (χ0v) is 7.61. The largest absolute Gasteiger partial charge is 0.307 e. The summed E-state index contributed by atoms with van der Waals surface area (Å²) < 4.78 is 0. The van der Waals surface area contributed by atoms with E-state index in [-0.39, 0.29) is 5.50 Å². The Kier molecular flexibility index (Phi) is 2.61. The Morgan fingerprint density at radius 2 is 2.10 bits per heavy atom. The molecule has 3 heteroatoms. The van der Waals surface area contributed by atoms with Crippen molar-refractivity contribution in [2.75, 3.05) is 0 Å². The maximum Gasteiger partial charge on any atom is 0.103 e. The lowest BCUT2D eigenvalue weighted by Crippen LogP contribution is -2.39. The highest BCUT2D eigenvalue weighted by atomic mass is 32.2. The standard InChI is InChI=1S/C7H16N2S/c1-4(2)6-5(3)10-7(8)9-6/h4-7,9H,8H2,1-3H3. The van der Waals surface area contributed by atoms with Gasteiger partial charge in [-0.2, -0.15) is 0 Å². The molecule has 3 unspecified atom stereocenters. The Bertz CT molecular complexity index is 116. The van der Waals surface area contributed by atoms with Gasteiger partial charge in [-0.15, -0.1) is 11.8 Å². The minimum absolute atomic E-state index is 0.155. The fraction of sp³-hybridized carbons (Fsp3) is 1.00. The first-order chi connectivity index (χ1) is 4.61. The molecular formula is C7H16N2S. The van der Waals surface area contributed by atoms with Crippen LogP contribution < -0.4 is 11.1 Å². The number of thioether (sulfide) groups is 1. The predicted octanol–water partition coefficient (Wildman–Crippen LogP) is 0.978. The third-order valence-electron chi connectivity index (χ3n) is 1.94. The van der Waals surface area contributed by atoms with E-state index < -0.39 is 0 Å². The van der Waals surface area contributed by atoms with Gasteiger partial charge in [0.15, 0.2) is 0 Å². The summed E-state index contributed by atoms with van der Waals surface area (Å²) in [5, 5.41) is 4.01. The fourth-order valence-electron chi connectivity index (χ4n) is 1.41. The normalized spacial score (nSPS) is 41.1. The summed E-state index contributed by atoms with van der Waals surface area (Å²) in [5.74, 6) is 0.691. The van der Waals surface area contributed by atoms with Gasteiger partial charge in [-0.05, 0) is 5.92 Å². The summed E-state index contributed by atoms with van der Waals surface area (Å²) in [6.45, 7) is 6.69. The first-order valence-electron chi connectivity index (χ1n) is 3.78. The summed E-state index contributed by atoms with van der Waals surface area (Å²) in [7, 11) is 0. The van der Waals surface area contributed by atoms with Crippen LogP contribution in [0.5, 0.6) is 0 Å². The average Bonchev–Trinajstić information content (AvgIpc) is 2.10. The minimum atomic E-state index is 0.155. The van der Waals surface area contributed by atoms with E-state index in [4.69, 9.17) is 5.73 Å². The first-order valence-corrected chi connectivity index (χ1v) is 4.72. The van der Waals surface area contributed by atoms with Crippen LogP contribution in [0, 0.1) is 5.92 Å². The van der Waals surface area contributed by atoms with Gasteiger partial charge >= 0.3 is 0 Å². The third kappa shape index (κ3) is 1.65. The van der Waals surface area contributed by atoms with Crippen molar-refractivity contribution in [1.82, 2.24) is 5.32 Å². The van der Waals surface area contributed by atoms with Gasteiger partial charge in [-0.3, -0.25) is 5.32 Å². The number of nitrogens with two attached hydrogens (primary N) is 1. The molecule has 3 N–H and O–H groups in total. The van der Waals surface area contributed by atoms with Gasteiger partial charge < -0.3 is 5.73 Å². The molecule has 1 saturated heterocycles. The molecule has 1 rings (SSSR count). The first kappa shape index (κ1) is 8.37. The zero-order valence-electron chi connectivity index (χ0n) is 6.79. The number of hydrogen-bond acceptors (Lipinski definition) is 3. The molecule has 0 aromatic heterocycles. The summed E-state index contributed by atoms with van der Waals surface area (Å²) >= 11 is 1.82. The van der Waals surface area contributed by atoms with Crippen LogP contribution in [0.1, 0.15) is 20.8 Å². The molecule has 0 saturated carbocycles. The maximum atomic E-state index is 5.71. The molecule has 0 radical (unpaired) electrons. The fourth-order valence-corrected chi connectivity index (χ4v) is 2.68. The molecule has 1 aliphatic heterocycles. The average molecular weight is 160 g/mol. The van der Waals surface area contributed by atoms with Gasteiger partial charge in [0.1, 0.15) is 5.50 Å². The summed E-state index contributed by atoms with van der Waals surface area (Å²) in [6, 6.07) is 0.597. The van der Waals surface area contributed by atoms with Crippen molar-refractivity contribution in [2.24, 2.45) is 11.7 Å². The molecule has 0 aromatic carbocycles. The Balaban J connectivity index is 2.46. The molecule has 0 spiro atoms. The molecule has 0 aliphatic carbocycles. The van der Waals surface area contributed by atoms with Crippen LogP contribution in [-0.4, -0.2) is 16.8 Å². The predicted molar refractivity (Wildman–Crippen MR) is 46.8 cm³/mol. The van der Waals surface area contributed by atoms with Crippen molar-refractivity contribution < 1.29 is 0 Å². The van der Waals surface area contributed by atoms with Crippen LogP contribution in [0.4, 0.5) is 0 Å². The van der Waals surface area contributed by atoms with E-state index in [1.807, 2.05) is 11.8 Å². The highest BCUT2D eigenvalue weighted by Crippen LogP contribution is 2.27. The quantitative estimate of drug-likeness (QED) is 0.600. The topological polar surface area (TPSA) is 38.0 Å². The lowest BCUT2D eigenvalue weighted by Gasteiger charge is -2.18. The third-order valence-corrected chi connectivity index (χ3v) is 3.09. The summed E-state index contributed by atoms with van der Waals surface area (Å²) in [5.41, 5.74) is 5.86. The van der Waals surface area contributed by atoms with Crippen LogP contribution in [0.2, 0.25) is 0 Å². The molecule has 60 valence electrons. The van der Waals surface area contributed by atoms with Crippen LogP contribution in [0.15, 0.2) is 0 Å². The monoisotopic (exact) mass is 160 g/mol. The van der Waals surface area contributed by atoms with Gasteiger partial charge in [0.05, 0.1) is 0 Å². The van der Waals surface area contributed by atoms with Gasteiger partial charge in [0.25, 0.3) is 0 Å². The molecular weight excluding hydrogens is 144 g/mol. The second kappa shape index (κ2) is 3.11. The van der Waals surface area contributed by atoms with E-state index in [1.165, 1.54) is 0 Å². The number of nitrogens with one attached hydrogen (secondary N) is 1. The van der Waals surface area contributed by atoms with Crippen molar-refractivity contribution in [1.29, 1.82) is 0 Å². The van der Waals surface area contributed by atoms with E-state index in [2.05, 4.69) is 26.1 Å². The lowest BCUT2D eigenvalue weighted by molar-refractivity contribution is 0.413. The van der Waals surface area contributed by atoms with E-state index in [9.17, 15) is 0 Å². The molecule has 10 heavy (non-hydrogen) atoms. The van der Waals surface area contributed by atoms with Gasteiger partial charge in [-0.25, -0.2) is 0 Å². The summed E-state index contributed by atoms with van der Waals surface area (Å²) in [6.07, 6.45) is 0. The highest BCUT2D eigenvalue weighted by molar-refractivity contribution is 8.00. The zero-order chi connectivity index (χ0) is 7.72. The van der Waals surface area contributed by atoms with Crippen molar-refractivity contribution in [2.45, 2.75) is 37.6 Å². The maximum absolute atomic E-state index is 5.71. The van der Waals surface area contributed by atoms with Gasteiger partial charge in [0, 0.05) is 11.3 Å². The van der Waals surface area contributed by atoms with Gasteiger partial charge in [-0.1, -0.05) is 20.8 Å². The van der Waals surface area contributed by atoms with E-state index in [1.54, 1.807) is 0 Å². The molecule has 3 atom stereocenters. The van der Waals surface area contributed by atoms with Crippen molar-refractivity contribution >= 4 is 11.8 Å². The van der Waals surface area contributed by atoms with E-state index in [0.29, 0.717) is 17.2 Å². The van der Waals surface area contributed by atoms with Crippen LogP contribution in [-0.2, 0) is 0 Å². The molecule has 1 aliphatic rings. The van der Waals surface area contributed by atoms with Crippen LogP contribution in [0.3, 0.4) is 0 Å².